The summed E-state index contributed by atoms with van der Waals surface area (Å²) >= 11 is 1.74. The molecule has 2 rings (SSSR count). The Morgan fingerprint density at radius 2 is 2.21 bits per heavy atom. The van der Waals surface area contributed by atoms with Crippen molar-refractivity contribution in [3.8, 4) is 0 Å². The predicted octanol–water partition coefficient (Wildman–Crippen LogP) is 1.37. The zero-order valence-corrected chi connectivity index (χ0v) is 9.45. The van der Waals surface area contributed by atoms with E-state index in [9.17, 15) is 0 Å². The maximum Gasteiger partial charge on any atom is 0.0900 e. The van der Waals surface area contributed by atoms with E-state index >= 15 is 0 Å². The minimum atomic E-state index is 0.0321. The lowest BCUT2D eigenvalue weighted by Gasteiger charge is -2.13. The first-order valence-corrected chi connectivity index (χ1v) is 5.76. The van der Waals surface area contributed by atoms with Gasteiger partial charge in [-0.15, -0.1) is 11.3 Å². The van der Waals surface area contributed by atoms with Gasteiger partial charge in [0.2, 0.25) is 0 Å². The highest BCUT2D eigenvalue weighted by atomic mass is 32.1. The highest BCUT2D eigenvalue weighted by Crippen LogP contribution is 2.35. The van der Waals surface area contributed by atoms with E-state index in [0.29, 0.717) is 0 Å². The molecule has 0 atom stereocenters. The molecule has 4 heteroatoms. The summed E-state index contributed by atoms with van der Waals surface area (Å²) in [6.45, 7) is 5.17. The molecule has 0 aliphatic heterocycles. The largest absolute Gasteiger partial charge is 0.394 e. The molecule has 1 fully saturated rings. The zero-order valence-electron chi connectivity index (χ0n) is 8.63. The number of nitrogens with one attached hydrogen (secondary N) is 1. The van der Waals surface area contributed by atoms with Gasteiger partial charge in [0.1, 0.15) is 0 Å². The van der Waals surface area contributed by atoms with Crippen molar-refractivity contribution in [2.24, 2.45) is 0 Å². The molecule has 14 heavy (non-hydrogen) atoms. The summed E-state index contributed by atoms with van der Waals surface area (Å²) in [4.78, 5) is 5.67. The van der Waals surface area contributed by atoms with Gasteiger partial charge < -0.3 is 10.4 Å². The molecule has 3 nitrogen and oxygen atoms in total. The van der Waals surface area contributed by atoms with Crippen LogP contribution in [-0.4, -0.2) is 22.2 Å². The molecule has 1 aliphatic rings. The molecule has 1 aromatic rings. The minimum absolute atomic E-state index is 0.0321. The fraction of sp³-hybridized carbons (Fsp3) is 0.700. The van der Waals surface area contributed by atoms with Crippen LogP contribution >= 0.6 is 11.3 Å². The Morgan fingerprint density at radius 3 is 2.64 bits per heavy atom. The highest BCUT2D eigenvalue weighted by Gasteiger charge is 2.41. The van der Waals surface area contributed by atoms with Gasteiger partial charge in [0.25, 0.3) is 0 Å². The van der Waals surface area contributed by atoms with E-state index in [1.165, 1.54) is 4.88 Å². The van der Waals surface area contributed by atoms with Crippen molar-refractivity contribution in [1.29, 1.82) is 0 Å². The highest BCUT2D eigenvalue weighted by molar-refractivity contribution is 7.11. The van der Waals surface area contributed by atoms with Crippen LogP contribution in [0, 0.1) is 13.8 Å². The molecule has 1 saturated carbocycles. The Labute approximate surface area is 88.2 Å². The van der Waals surface area contributed by atoms with Crippen LogP contribution in [0.3, 0.4) is 0 Å². The Kier molecular flexibility index (Phi) is 2.60. The Morgan fingerprint density at radius 1 is 1.50 bits per heavy atom. The molecule has 78 valence electrons. The van der Waals surface area contributed by atoms with Crippen molar-refractivity contribution in [2.45, 2.75) is 38.8 Å². The second-order valence-electron chi connectivity index (χ2n) is 4.03. The molecule has 0 radical (unpaired) electrons. The van der Waals surface area contributed by atoms with E-state index in [4.69, 9.17) is 5.11 Å². The number of aryl methyl sites for hydroxylation is 2. The summed E-state index contributed by atoms with van der Waals surface area (Å²) in [5.41, 5.74) is 1.15. The first-order chi connectivity index (χ1) is 6.65. The van der Waals surface area contributed by atoms with Crippen LogP contribution in [-0.2, 0) is 6.54 Å². The van der Waals surface area contributed by atoms with Crippen LogP contribution < -0.4 is 5.32 Å². The fourth-order valence-electron chi connectivity index (χ4n) is 1.55. The molecule has 1 aromatic heterocycles. The molecule has 1 aliphatic carbocycles. The average molecular weight is 212 g/mol. The monoisotopic (exact) mass is 212 g/mol. The van der Waals surface area contributed by atoms with Crippen molar-refractivity contribution in [3.05, 3.63) is 15.6 Å². The van der Waals surface area contributed by atoms with Crippen molar-refractivity contribution in [1.82, 2.24) is 10.3 Å². The third kappa shape index (κ3) is 1.97. The van der Waals surface area contributed by atoms with Gasteiger partial charge in [-0.25, -0.2) is 4.98 Å². The van der Waals surface area contributed by atoms with E-state index in [1.54, 1.807) is 11.3 Å². The van der Waals surface area contributed by atoms with E-state index in [0.717, 1.165) is 30.1 Å². The lowest BCUT2D eigenvalue weighted by molar-refractivity contribution is 0.230. The number of thiazole rings is 1. The van der Waals surface area contributed by atoms with Gasteiger partial charge in [-0.05, 0) is 26.7 Å². The van der Waals surface area contributed by atoms with Crippen molar-refractivity contribution in [2.75, 3.05) is 6.61 Å². The van der Waals surface area contributed by atoms with Crippen molar-refractivity contribution in [3.63, 3.8) is 0 Å². The van der Waals surface area contributed by atoms with Crippen LogP contribution in [0.2, 0.25) is 0 Å². The van der Waals surface area contributed by atoms with E-state index < -0.39 is 0 Å². The summed E-state index contributed by atoms with van der Waals surface area (Å²) < 4.78 is 0. The lowest BCUT2D eigenvalue weighted by atomic mass is 10.3. The van der Waals surface area contributed by atoms with Gasteiger partial charge in [0, 0.05) is 17.0 Å². The second-order valence-corrected chi connectivity index (χ2v) is 5.32. The maximum absolute atomic E-state index is 9.13. The number of nitrogens with zero attached hydrogens (tertiary/aromatic N) is 1. The number of rotatable bonds is 4. The number of hydrogen-bond acceptors (Lipinski definition) is 4. The number of aliphatic hydroxyl groups is 1. The van der Waals surface area contributed by atoms with Gasteiger partial charge in [-0.1, -0.05) is 0 Å². The molecule has 0 bridgehead atoms. The summed E-state index contributed by atoms with van der Waals surface area (Å²) in [5.74, 6) is 0. The van der Waals surface area contributed by atoms with Gasteiger partial charge >= 0.3 is 0 Å². The topological polar surface area (TPSA) is 45.2 Å². The summed E-state index contributed by atoms with van der Waals surface area (Å²) in [5, 5.41) is 13.7. The van der Waals surface area contributed by atoms with E-state index in [-0.39, 0.29) is 12.1 Å². The standard InChI is InChI=1S/C10H16N2OS/c1-7-9(14-8(2)12-7)5-11-10(6-13)3-4-10/h11,13H,3-6H2,1-2H3. The molecular weight excluding hydrogens is 196 g/mol. The average Bonchev–Trinajstić information content (AvgIpc) is 2.86. The maximum atomic E-state index is 9.13. The quantitative estimate of drug-likeness (QED) is 0.792. The van der Waals surface area contributed by atoms with Crippen LogP contribution in [0.1, 0.15) is 28.4 Å². The van der Waals surface area contributed by atoms with Crippen LogP contribution in [0.4, 0.5) is 0 Å². The fourth-order valence-corrected chi connectivity index (χ4v) is 2.42. The summed E-state index contributed by atoms with van der Waals surface area (Å²) in [7, 11) is 0. The molecule has 0 spiro atoms. The van der Waals surface area contributed by atoms with Gasteiger partial charge in [-0.2, -0.15) is 0 Å². The molecule has 1 heterocycles. The Hall–Kier alpha value is -0.450. The number of aliphatic hydroxyl groups excluding tert-OH is 1. The van der Waals surface area contributed by atoms with E-state index in [2.05, 4.69) is 10.3 Å². The second kappa shape index (κ2) is 3.61. The Balaban J connectivity index is 1.95. The third-order valence-corrected chi connectivity index (χ3v) is 3.85. The summed E-state index contributed by atoms with van der Waals surface area (Å²) in [6.07, 6.45) is 2.20. The van der Waals surface area contributed by atoms with Crippen molar-refractivity contribution < 1.29 is 5.11 Å². The molecule has 0 amide bonds. The minimum Gasteiger partial charge on any atom is -0.394 e. The van der Waals surface area contributed by atoms with Crippen molar-refractivity contribution >= 4 is 11.3 Å². The van der Waals surface area contributed by atoms with Gasteiger partial charge in [-0.3, -0.25) is 0 Å². The van der Waals surface area contributed by atoms with Crippen LogP contribution in [0.15, 0.2) is 0 Å². The normalized spacial score (nSPS) is 18.5. The molecule has 2 N–H and O–H groups in total. The third-order valence-electron chi connectivity index (χ3n) is 2.78. The van der Waals surface area contributed by atoms with Crippen LogP contribution in [0.25, 0.3) is 0 Å². The smallest absolute Gasteiger partial charge is 0.0900 e. The van der Waals surface area contributed by atoms with Gasteiger partial charge in [0.15, 0.2) is 0 Å². The predicted molar refractivity (Wildman–Crippen MR) is 57.5 cm³/mol. The summed E-state index contributed by atoms with van der Waals surface area (Å²) in [6, 6.07) is 0. The van der Waals surface area contributed by atoms with Crippen LogP contribution in [0.5, 0.6) is 0 Å². The number of hydrogen-bond donors (Lipinski definition) is 2. The SMILES string of the molecule is Cc1nc(C)c(CNC2(CO)CC2)s1. The zero-order chi connectivity index (χ0) is 10.2. The van der Waals surface area contributed by atoms with E-state index in [1.807, 2.05) is 13.8 Å². The number of aromatic nitrogens is 1. The molecular formula is C10H16N2OS. The first-order valence-electron chi connectivity index (χ1n) is 4.94. The van der Waals surface area contributed by atoms with Gasteiger partial charge in [0.05, 0.1) is 17.3 Å². The molecule has 0 unspecified atom stereocenters. The first kappa shape index (κ1) is 10.1. The Bertz CT molecular complexity index is 331. The molecule has 0 saturated heterocycles. The molecule has 0 aromatic carbocycles. The lowest BCUT2D eigenvalue weighted by Crippen LogP contribution is -2.34.